The van der Waals surface area contributed by atoms with Gasteiger partial charge in [0.2, 0.25) is 0 Å². The summed E-state index contributed by atoms with van der Waals surface area (Å²) in [6.07, 6.45) is 5.09. The third kappa shape index (κ3) is 3.25. The van der Waals surface area contributed by atoms with Crippen LogP contribution in [0.1, 0.15) is 13.8 Å². The van der Waals surface area contributed by atoms with Crippen molar-refractivity contribution in [2.75, 3.05) is 5.73 Å². The number of hydrogen-bond donors (Lipinski definition) is 1. The van der Waals surface area contributed by atoms with Gasteiger partial charge < -0.3 is 5.73 Å². The molecular formula is C16H17FN4. The smallest absolute Gasteiger partial charge is 0.150 e. The first-order valence-electron chi connectivity index (χ1n) is 6.75. The van der Waals surface area contributed by atoms with Crippen LogP contribution >= 0.6 is 0 Å². The average molecular weight is 284 g/mol. The second-order valence-corrected chi connectivity index (χ2v) is 4.10. The van der Waals surface area contributed by atoms with E-state index in [1.165, 1.54) is 10.7 Å². The minimum atomic E-state index is -0.407. The van der Waals surface area contributed by atoms with Crippen molar-refractivity contribution in [3.8, 4) is 16.9 Å². The van der Waals surface area contributed by atoms with Crippen LogP contribution in [0.5, 0.6) is 0 Å². The highest BCUT2D eigenvalue weighted by molar-refractivity contribution is 5.57. The van der Waals surface area contributed by atoms with Gasteiger partial charge >= 0.3 is 0 Å². The van der Waals surface area contributed by atoms with Crippen LogP contribution < -0.4 is 5.73 Å². The van der Waals surface area contributed by atoms with Crippen LogP contribution in [0.2, 0.25) is 0 Å². The predicted molar refractivity (Wildman–Crippen MR) is 82.5 cm³/mol. The molecule has 5 heteroatoms. The summed E-state index contributed by atoms with van der Waals surface area (Å²) >= 11 is 0. The molecule has 0 fully saturated rings. The van der Waals surface area contributed by atoms with Crippen LogP contribution in [-0.4, -0.2) is 14.8 Å². The molecule has 4 nitrogen and oxygen atoms in total. The Morgan fingerprint density at radius 3 is 2.62 bits per heavy atom. The third-order valence-corrected chi connectivity index (χ3v) is 2.76. The number of benzene rings is 1. The zero-order valence-electron chi connectivity index (χ0n) is 12.0. The molecule has 2 N–H and O–H groups in total. The van der Waals surface area contributed by atoms with E-state index in [9.17, 15) is 4.39 Å². The number of rotatable bonds is 2. The van der Waals surface area contributed by atoms with Gasteiger partial charge in [0.05, 0.1) is 11.9 Å². The molecule has 1 aromatic carbocycles. The molecular weight excluding hydrogens is 267 g/mol. The fourth-order valence-electron chi connectivity index (χ4n) is 1.83. The van der Waals surface area contributed by atoms with Gasteiger partial charge in [-0.2, -0.15) is 5.10 Å². The molecule has 0 bridgehead atoms. The van der Waals surface area contributed by atoms with Crippen molar-refractivity contribution < 1.29 is 4.39 Å². The lowest BCUT2D eigenvalue weighted by Crippen LogP contribution is -1.99. The van der Waals surface area contributed by atoms with Crippen molar-refractivity contribution in [2.24, 2.45) is 0 Å². The average Bonchev–Trinajstić information content (AvgIpc) is 3.00. The number of nitrogen functional groups attached to an aromatic ring is 1. The van der Waals surface area contributed by atoms with E-state index in [1.807, 2.05) is 32.0 Å². The van der Waals surface area contributed by atoms with E-state index in [-0.39, 0.29) is 0 Å². The number of nitrogens with two attached hydrogens (primary N) is 1. The van der Waals surface area contributed by atoms with Gasteiger partial charge in [-0.25, -0.2) is 9.07 Å². The minimum absolute atomic E-state index is 0.358. The lowest BCUT2D eigenvalue weighted by atomic mass is 10.2. The maximum Gasteiger partial charge on any atom is 0.150 e. The maximum absolute atomic E-state index is 13.8. The summed E-state index contributed by atoms with van der Waals surface area (Å²) in [4.78, 5) is 4.23. The normalized spacial score (nSPS) is 9.86. The first-order chi connectivity index (χ1) is 10.2. The molecule has 0 spiro atoms. The van der Waals surface area contributed by atoms with Crippen molar-refractivity contribution >= 4 is 5.69 Å². The Kier molecular flexibility index (Phi) is 4.66. The van der Waals surface area contributed by atoms with Crippen molar-refractivity contribution in [2.45, 2.75) is 13.8 Å². The number of nitrogens with zero attached hydrogens (tertiary/aromatic N) is 3. The molecule has 0 atom stereocenters. The van der Waals surface area contributed by atoms with Crippen molar-refractivity contribution in [1.29, 1.82) is 0 Å². The monoisotopic (exact) mass is 284 g/mol. The summed E-state index contributed by atoms with van der Waals surface area (Å²) in [7, 11) is 0. The molecule has 2 aromatic heterocycles. The van der Waals surface area contributed by atoms with Crippen LogP contribution in [0, 0.1) is 5.82 Å². The molecule has 2 heterocycles. The highest BCUT2D eigenvalue weighted by Gasteiger charge is 2.08. The van der Waals surface area contributed by atoms with Crippen molar-refractivity contribution in [1.82, 2.24) is 14.8 Å². The Morgan fingerprint density at radius 1 is 1.14 bits per heavy atom. The molecule has 3 rings (SSSR count). The summed E-state index contributed by atoms with van der Waals surface area (Å²) in [6, 6.07) is 10.1. The van der Waals surface area contributed by atoms with E-state index in [1.54, 1.807) is 30.7 Å². The molecule has 0 aliphatic heterocycles. The zero-order valence-corrected chi connectivity index (χ0v) is 12.0. The maximum atomic E-state index is 13.8. The number of halogens is 1. The predicted octanol–water partition coefficient (Wildman–Crippen LogP) is 3.68. The Hall–Kier alpha value is -2.69. The molecule has 0 saturated heterocycles. The van der Waals surface area contributed by atoms with E-state index >= 15 is 0 Å². The van der Waals surface area contributed by atoms with Gasteiger partial charge in [0.1, 0.15) is 5.69 Å². The highest BCUT2D eigenvalue weighted by Crippen LogP contribution is 2.20. The lowest BCUT2D eigenvalue weighted by Gasteiger charge is -2.03. The van der Waals surface area contributed by atoms with Gasteiger partial charge in [-0.05, 0) is 30.3 Å². The molecule has 0 radical (unpaired) electrons. The van der Waals surface area contributed by atoms with Crippen LogP contribution in [0.4, 0.5) is 10.1 Å². The molecule has 0 unspecified atom stereocenters. The summed E-state index contributed by atoms with van der Waals surface area (Å²) in [5.41, 5.74) is 7.89. The topological polar surface area (TPSA) is 56.7 Å². The van der Waals surface area contributed by atoms with Crippen LogP contribution in [0.15, 0.2) is 55.0 Å². The fourth-order valence-corrected chi connectivity index (χ4v) is 1.83. The van der Waals surface area contributed by atoms with Crippen LogP contribution in [0.3, 0.4) is 0 Å². The number of pyridine rings is 1. The number of hydrogen-bond acceptors (Lipinski definition) is 3. The highest BCUT2D eigenvalue weighted by atomic mass is 19.1. The van der Waals surface area contributed by atoms with Gasteiger partial charge in [0, 0.05) is 23.6 Å². The standard InChI is InChI=1S/C14H11FN4.C2H6/c15-12-7-11(16)4-5-14(12)19-9-10(8-18-19)13-3-1-2-6-17-13;1-2/h1-9H,16H2;1-2H3. The number of aromatic nitrogens is 3. The van der Waals surface area contributed by atoms with Gasteiger partial charge in [-0.3, -0.25) is 4.98 Å². The molecule has 3 aromatic rings. The van der Waals surface area contributed by atoms with E-state index in [2.05, 4.69) is 10.1 Å². The van der Waals surface area contributed by atoms with Gasteiger partial charge in [-0.1, -0.05) is 19.9 Å². The summed E-state index contributed by atoms with van der Waals surface area (Å²) in [6.45, 7) is 4.00. The number of anilines is 1. The Bertz CT molecular complexity index is 707. The molecule has 21 heavy (non-hydrogen) atoms. The zero-order chi connectivity index (χ0) is 15.2. The van der Waals surface area contributed by atoms with E-state index in [0.717, 1.165) is 11.3 Å². The quantitative estimate of drug-likeness (QED) is 0.730. The first kappa shape index (κ1) is 14.7. The summed E-state index contributed by atoms with van der Waals surface area (Å²) in [5, 5.41) is 4.15. The lowest BCUT2D eigenvalue weighted by molar-refractivity contribution is 0.611. The van der Waals surface area contributed by atoms with E-state index in [0.29, 0.717) is 11.4 Å². The largest absolute Gasteiger partial charge is 0.399 e. The Labute approximate surface area is 123 Å². The summed E-state index contributed by atoms with van der Waals surface area (Å²) in [5.74, 6) is -0.407. The third-order valence-electron chi connectivity index (χ3n) is 2.76. The van der Waals surface area contributed by atoms with Gasteiger partial charge in [0.25, 0.3) is 0 Å². The van der Waals surface area contributed by atoms with Gasteiger partial charge in [0.15, 0.2) is 5.82 Å². The minimum Gasteiger partial charge on any atom is -0.399 e. The molecule has 0 aliphatic rings. The van der Waals surface area contributed by atoms with Crippen molar-refractivity contribution in [3.63, 3.8) is 0 Å². The Balaban J connectivity index is 0.000000774. The first-order valence-corrected chi connectivity index (χ1v) is 6.75. The van der Waals surface area contributed by atoms with Crippen molar-refractivity contribution in [3.05, 3.63) is 60.8 Å². The van der Waals surface area contributed by atoms with E-state index < -0.39 is 5.82 Å². The molecule has 0 amide bonds. The molecule has 0 aliphatic carbocycles. The van der Waals surface area contributed by atoms with Crippen LogP contribution in [-0.2, 0) is 0 Å². The molecule has 108 valence electrons. The summed E-state index contributed by atoms with van der Waals surface area (Å²) < 4.78 is 15.3. The molecule has 0 saturated carbocycles. The van der Waals surface area contributed by atoms with Gasteiger partial charge in [-0.15, -0.1) is 0 Å². The second kappa shape index (κ2) is 6.65. The Morgan fingerprint density at radius 2 is 1.95 bits per heavy atom. The van der Waals surface area contributed by atoms with E-state index in [4.69, 9.17) is 5.73 Å². The SMILES string of the molecule is CC.Nc1ccc(-n2cc(-c3ccccn3)cn2)c(F)c1. The van der Waals surface area contributed by atoms with Crippen LogP contribution in [0.25, 0.3) is 16.9 Å². The fraction of sp³-hybridized carbons (Fsp3) is 0.125. The second-order valence-electron chi connectivity index (χ2n) is 4.10.